The predicted octanol–water partition coefficient (Wildman–Crippen LogP) is 4.53. The summed E-state index contributed by atoms with van der Waals surface area (Å²) >= 11 is 5.94. The van der Waals surface area contributed by atoms with Crippen molar-refractivity contribution < 1.29 is 27.8 Å². The van der Waals surface area contributed by atoms with E-state index in [1.165, 1.54) is 30.3 Å². The molecule has 2 rings (SSSR count). The van der Waals surface area contributed by atoms with E-state index in [9.17, 15) is 18.0 Å². The Kier molecular flexibility index (Phi) is 4.61. The zero-order chi connectivity index (χ0) is 16.3. The van der Waals surface area contributed by atoms with E-state index in [0.717, 1.165) is 0 Å². The first kappa shape index (κ1) is 16.2. The van der Waals surface area contributed by atoms with Gasteiger partial charge in [0.05, 0.1) is 6.42 Å². The molecule has 1 N–H and O–H groups in total. The third-order valence-corrected chi connectivity index (χ3v) is 2.95. The van der Waals surface area contributed by atoms with Crippen molar-refractivity contribution in [1.82, 2.24) is 0 Å². The summed E-state index contributed by atoms with van der Waals surface area (Å²) in [7, 11) is 0. The van der Waals surface area contributed by atoms with Crippen molar-refractivity contribution in [2.24, 2.45) is 0 Å². The average Bonchev–Trinajstić information content (AvgIpc) is 2.36. The van der Waals surface area contributed by atoms with E-state index >= 15 is 0 Å². The third kappa shape index (κ3) is 4.66. The van der Waals surface area contributed by atoms with E-state index in [2.05, 4.69) is 4.74 Å². The molecule has 0 atom stereocenters. The molecule has 7 heteroatoms. The molecule has 3 nitrogen and oxygen atoms in total. The van der Waals surface area contributed by atoms with Crippen LogP contribution in [-0.4, -0.2) is 17.4 Å². The maximum Gasteiger partial charge on any atom is 0.573 e. The second-order valence-electron chi connectivity index (χ2n) is 4.49. The Labute approximate surface area is 128 Å². The van der Waals surface area contributed by atoms with Gasteiger partial charge in [-0.1, -0.05) is 29.8 Å². The maximum atomic E-state index is 12.1. The molecule has 2 aromatic carbocycles. The van der Waals surface area contributed by atoms with Gasteiger partial charge in [0, 0.05) is 5.02 Å². The molecule has 0 spiro atoms. The molecule has 0 fully saturated rings. The van der Waals surface area contributed by atoms with E-state index in [1.807, 2.05) is 0 Å². The Balaban J connectivity index is 2.28. The molecule has 0 aromatic heterocycles. The summed E-state index contributed by atoms with van der Waals surface area (Å²) in [5.41, 5.74) is 1.72. The molecule has 0 saturated carbocycles. The predicted molar refractivity (Wildman–Crippen MR) is 74.9 cm³/mol. The quantitative estimate of drug-likeness (QED) is 0.895. The fraction of sp³-hybridized carbons (Fsp3) is 0.133. The van der Waals surface area contributed by atoms with Crippen molar-refractivity contribution in [3.63, 3.8) is 0 Å². The molecule has 0 heterocycles. The molecule has 2 aromatic rings. The van der Waals surface area contributed by atoms with Crippen LogP contribution in [0.5, 0.6) is 5.75 Å². The Morgan fingerprint density at radius 3 is 2.27 bits per heavy atom. The van der Waals surface area contributed by atoms with Crippen LogP contribution in [0.4, 0.5) is 13.2 Å². The smallest absolute Gasteiger partial charge is 0.481 e. The van der Waals surface area contributed by atoms with Gasteiger partial charge in [-0.05, 0) is 41.0 Å². The van der Waals surface area contributed by atoms with E-state index < -0.39 is 12.3 Å². The van der Waals surface area contributed by atoms with Crippen molar-refractivity contribution in [3.05, 3.63) is 53.1 Å². The molecule has 0 amide bonds. The van der Waals surface area contributed by atoms with E-state index in [1.54, 1.807) is 12.1 Å². The number of carboxylic acid groups (broad SMARTS) is 1. The van der Waals surface area contributed by atoms with Crippen LogP contribution in [0.15, 0.2) is 42.5 Å². The van der Waals surface area contributed by atoms with Crippen LogP contribution in [0, 0.1) is 0 Å². The fourth-order valence-electron chi connectivity index (χ4n) is 1.94. The maximum absolute atomic E-state index is 12.1. The Hall–Kier alpha value is -2.21. The minimum absolute atomic E-state index is 0.192. The number of carbonyl (C=O) groups is 1. The average molecular weight is 331 g/mol. The standard InChI is InChI=1S/C15H10ClF3O3/c16-12-6-9(7-14(20)21)5-11(8-12)10-1-3-13(4-2-10)22-15(17,18)19/h1-6,8H,7H2,(H,20,21). The Bertz CT molecular complexity index is 681. The van der Waals surface area contributed by atoms with Crippen molar-refractivity contribution in [3.8, 4) is 16.9 Å². The van der Waals surface area contributed by atoms with Gasteiger partial charge < -0.3 is 9.84 Å². The lowest BCUT2D eigenvalue weighted by Gasteiger charge is -2.10. The highest BCUT2D eigenvalue weighted by Gasteiger charge is 2.30. The topological polar surface area (TPSA) is 46.5 Å². The highest BCUT2D eigenvalue weighted by atomic mass is 35.5. The summed E-state index contributed by atoms with van der Waals surface area (Å²) < 4.78 is 40.1. The number of carboxylic acids is 1. The molecule has 0 radical (unpaired) electrons. The molecule has 0 aliphatic carbocycles. The van der Waals surface area contributed by atoms with Crippen molar-refractivity contribution >= 4 is 17.6 Å². The molecule has 22 heavy (non-hydrogen) atoms. The molecule has 0 aliphatic heterocycles. The van der Waals surface area contributed by atoms with Crippen molar-refractivity contribution in [2.45, 2.75) is 12.8 Å². The first-order chi connectivity index (χ1) is 10.2. The lowest BCUT2D eigenvalue weighted by molar-refractivity contribution is -0.274. The largest absolute Gasteiger partial charge is 0.573 e. The Morgan fingerprint density at radius 1 is 1.09 bits per heavy atom. The van der Waals surface area contributed by atoms with Crippen LogP contribution in [-0.2, 0) is 11.2 Å². The number of hydrogen-bond donors (Lipinski definition) is 1. The molecular weight excluding hydrogens is 321 g/mol. The summed E-state index contributed by atoms with van der Waals surface area (Å²) in [4.78, 5) is 10.7. The van der Waals surface area contributed by atoms with Gasteiger partial charge in [-0.15, -0.1) is 13.2 Å². The molecule has 0 unspecified atom stereocenters. The van der Waals surface area contributed by atoms with Gasteiger partial charge in [0.2, 0.25) is 0 Å². The second-order valence-corrected chi connectivity index (χ2v) is 4.93. The third-order valence-electron chi connectivity index (χ3n) is 2.73. The molecule has 0 saturated heterocycles. The summed E-state index contributed by atoms with van der Waals surface area (Å²) in [6.45, 7) is 0. The summed E-state index contributed by atoms with van der Waals surface area (Å²) in [6, 6.07) is 10.0. The summed E-state index contributed by atoms with van der Waals surface area (Å²) in [6.07, 6.45) is -4.94. The van der Waals surface area contributed by atoms with Crippen LogP contribution >= 0.6 is 11.6 Å². The van der Waals surface area contributed by atoms with Crippen LogP contribution in [0.3, 0.4) is 0 Å². The monoisotopic (exact) mass is 330 g/mol. The zero-order valence-electron chi connectivity index (χ0n) is 11.0. The van der Waals surface area contributed by atoms with Crippen LogP contribution < -0.4 is 4.74 Å². The van der Waals surface area contributed by atoms with E-state index in [0.29, 0.717) is 21.7 Å². The SMILES string of the molecule is O=C(O)Cc1cc(Cl)cc(-c2ccc(OC(F)(F)F)cc2)c1. The highest BCUT2D eigenvalue weighted by Crippen LogP contribution is 2.29. The number of halogens is 4. The highest BCUT2D eigenvalue weighted by molar-refractivity contribution is 6.31. The van der Waals surface area contributed by atoms with Gasteiger partial charge in [-0.25, -0.2) is 0 Å². The number of benzene rings is 2. The molecule has 0 bridgehead atoms. The van der Waals surface area contributed by atoms with Gasteiger partial charge in [0.25, 0.3) is 0 Å². The lowest BCUT2D eigenvalue weighted by Crippen LogP contribution is -2.16. The number of aliphatic carboxylic acids is 1. The molecular formula is C15H10ClF3O3. The van der Waals surface area contributed by atoms with Crippen molar-refractivity contribution in [2.75, 3.05) is 0 Å². The Morgan fingerprint density at radius 2 is 1.73 bits per heavy atom. The summed E-state index contributed by atoms with van der Waals surface area (Å²) in [5.74, 6) is -1.33. The van der Waals surface area contributed by atoms with Crippen molar-refractivity contribution in [1.29, 1.82) is 0 Å². The molecule has 116 valence electrons. The second kappa shape index (κ2) is 6.27. The van der Waals surface area contributed by atoms with Gasteiger partial charge in [0.1, 0.15) is 5.75 Å². The first-order valence-corrected chi connectivity index (χ1v) is 6.48. The lowest BCUT2D eigenvalue weighted by atomic mass is 10.0. The van der Waals surface area contributed by atoms with Gasteiger partial charge in [-0.2, -0.15) is 0 Å². The number of ether oxygens (including phenoxy) is 1. The van der Waals surface area contributed by atoms with Crippen LogP contribution in [0.1, 0.15) is 5.56 Å². The number of alkyl halides is 3. The summed E-state index contributed by atoms with van der Waals surface area (Å²) in [5, 5.41) is 9.15. The van der Waals surface area contributed by atoms with E-state index in [4.69, 9.17) is 16.7 Å². The normalized spacial score (nSPS) is 11.3. The zero-order valence-corrected chi connectivity index (χ0v) is 11.8. The minimum Gasteiger partial charge on any atom is -0.481 e. The number of rotatable bonds is 4. The minimum atomic E-state index is -4.74. The molecule has 0 aliphatic rings. The fourth-order valence-corrected chi connectivity index (χ4v) is 2.20. The van der Waals surface area contributed by atoms with E-state index in [-0.39, 0.29) is 12.2 Å². The van der Waals surface area contributed by atoms with Gasteiger partial charge in [-0.3, -0.25) is 4.79 Å². The van der Waals surface area contributed by atoms with Crippen LogP contribution in [0.2, 0.25) is 5.02 Å². The van der Waals surface area contributed by atoms with Crippen LogP contribution in [0.25, 0.3) is 11.1 Å². The van der Waals surface area contributed by atoms with Gasteiger partial charge >= 0.3 is 12.3 Å². The first-order valence-electron chi connectivity index (χ1n) is 6.10. The number of hydrogen-bond acceptors (Lipinski definition) is 2. The van der Waals surface area contributed by atoms with Gasteiger partial charge in [0.15, 0.2) is 0 Å².